The van der Waals surface area contributed by atoms with Gasteiger partial charge in [-0.05, 0) is 24.3 Å². The molecular weight excluding hydrogens is 300 g/mol. The Bertz CT molecular complexity index is 690. The highest BCUT2D eigenvalue weighted by molar-refractivity contribution is 7.92. The van der Waals surface area contributed by atoms with Crippen LogP contribution in [0.4, 0.5) is 5.69 Å². The van der Waals surface area contributed by atoms with Crippen LogP contribution < -0.4 is 4.72 Å². The summed E-state index contributed by atoms with van der Waals surface area (Å²) in [5, 5.41) is 9.77. The van der Waals surface area contributed by atoms with E-state index in [9.17, 15) is 13.5 Å². The number of aromatic hydroxyl groups is 1. The molecule has 0 radical (unpaired) electrons. The Balaban J connectivity index is 2.06. The van der Waals surface area contributed by atoms with Gasteiger partial charge in [-0.25, -0.2) is 8.42 Å². The number of hydrogen-bond donors (Lipinski definition) is 2. The number of sulfonamides is 1. The molecule has 7 heteroatoms. The Morgan fingerprint density at radius 2 is 2.00 bits per heavy atom. The second kappa shape index (κ2) is 6.11. The number of aromatic nitrogens is 1. The van der Waals surface area contributed by atoms with Crippen LogP contribution in [0, 0.1) is 0 Å². The van der Waals surface area contributed by atoms with Crippen LogP contribution in [-0.4, -0.2) is 24.3 Å². The molecule has 2 aromatic rings. The molecule has 20 heavy (non-hydrogen) atoms. The molecule has 1 heterocycles. The normalized spacial score (nSPS) is 11.2. The Kier molecular flexibility index (Phi) is 4.46. The molecule has 0 fully saturated rings. The molecule has 0 amide bonds. The predicted molar refractivity (Wildman–Crippen MR) is 78.5 cm³/mol. The average molecular weight is 313 g/mol. The van der Waals surface area contributed by atoms with Gasteiger partial charge in [-0.3, -0.25) is 9.71 Å². The highest BCUT2D eigenvalue weighted by Gasteiger charge is 2.14. The number of anilines is 1. The number of phenols is 1. The summed E-state index contributed by atoms with van der Waals surface area (Å²) in [6, 6.07) is 9.79. The quantitative estimate of drug-likeness (QED) is 0.831. The molecule has 0 atom stereocenters. The SMILES string of the molecule is O=S(=O)(CCc1ccccn1)Nc1cccc(Cl)c1O. The number of hydrogen-bond acceptors (Lipinski definition) is 4. The molecule has 1 aromatic heterocycles. The van der Waals surface area contributed by atoms with Crippen LogP contribution in [0.1, 0.15) is 5.69 Å². The summed E-state index contributed by atoms with van der Waals surface area (Å²) in [6.45, 7) is 0. The Morgan fingerprint density at radius 1 is 1.20 bits per heavy atom. The third-order valence-corrected chi connectivity index (χ3v) is 4.18. The van der Waals surface area contributed by atoms with Crippen LogP contribution in [-0.2, 0) is 16.4 Å². The topological polar surface area (TPSA) is 79.3 Å². The van der Waals surface area contributed by atoms with E-state index in [1.54, 1.807) is 30.5 Å². The third-order valence-electron chi connectivity index (χ3n) is 2.61. The summed E-state index contributed by atoms with van der Waals surface area (Å²) >= 11 is 5.72. The van der Waals surface area contributed by atoms with Gasteiger partial charge >= 0.3 is 0 Å². The molecule has 0 spiro atoms. The number of phenolic OH excluding ortho intramolecular Hbond substituents is 1. The zero-order valence-corrected chi connectivity index (χ0v) is 12.0. The Labute approximate surface area is 122 Å². The predicted octanol–water partition coefficient (Wildman–Crippen LogP) is 2.43. The smallest absolute Gasteiger partial charge is 0.233 e. The minimum absolute atomic E-state index is 0.0681. The van der Waals surface area contributed by atoms with Gasteiger partial charge in [0.15, 0.2) is 5.75 Å². The zero-order valence-electron chi connectivity index (χ0n) is 10.5. The lowest BCUT2D eigenvalue weighted by Gasteiger charge is -2.10. The van der Waals surface area contributed by atoms with Crippen LogP contribution in [0.3, 0.4) is 0 Å². The first kappa shape index (κ1) is 14.6. The van der Waals surface area contributed by atoms with Crippen LogP contribution in [0.25, 0.3) is 0 Å². The van der Waals surface area contributed by atoms with Crippen molar-refractivity contribution in [3.63, 3.8) is 0 Å². The van der Waals surface area contributed by atoms with Crippen LogP contribution in [0.15, 0.2) is 42.6 Å². The first-order chi connectivity index (χ1) is 9.48. The van der Waals surface area contributed by atoms with E-state index < -0.39 is 10.0 Å². The fraction of sp³-hybridized carbons (Fsp3) is 0.154. The highest BCUT2D eigenvalue weighted by atomic mass is 35.5. The van der Waals surface area contributed by atoms with Crippen molar-refractivity contribution in [2.75, 3.05) is 10.5 Å². The van der Waals surface area contributed by atoms with Crippen LogP contribution >= 0.6 is 11.6 Å². The van der Waals surface area contributed by atoms with E-state index in [0.717, 1.165) is 0 Å². The number of halogens is 1. The van der Waals surface area contributed by atoms with Gasteiger partial charge in [-0.1, -0.05) is 23.7 Å². The highest BCUT2D eigenvalue weighted by Crippen LogP contribution is 2.31. The average Bonchev–Trinajstić information content (AvgIpc) is 2.43. The van der Waals surface area contributed by atoms with Gasteiger partial charge in [-0.15, -0.1) is 0 Å². The lowest BCUT2D eigenvalue weighted by atomic mass is 10.3. The Hall–Kier alpha value is -1.79. The van der Waals surface area contributed by atoms with E-state index in [2.05, 4.69) is 9.71 Å². The molecule has 0 bridgehead atoms. The van der Waals surface area contributed by atoms with Crippen molar-refractivity contribution in [1.29, 1.82) is 0 Å². The number of aryl methyl sites for hydroxylation is 1. The molecular formula is C13H13ClN2O3S. The van der Waals surface area contributed by atoms with Crippen LogP contribution in [0.5, 0.6) is 5.75 Å². The van der Waals surface area contributed by atoms with Gasteiger partial charge in [-0.2, -0.15) is 0 Å². The summed E-state index contributed by atoms with van der Waals surface area (Å²) in [5.41, 5.74) is 0.756. The van der Waals surface area contributed by atoms with Crippen molar-refractivity contribution in [2.45, 2.75) is 6.42 Å². The van der Waals surface area contributed by atoms with Crippen molar-refractivity contribution < 1.29 is 13.5 Å². The molecule has 0 aliphatic carbocycles. The minimum atomic E-state index is -3.58. The fourth-order valence-corrected chi connectivity index (χ4v) is 2.86. The van der Waals surface area contributed by atoms with Gasteiger partial charge in [0.25, 0.3) is 0 Å². The maximum Gasteiger partial charge on any atom is 0.233 e. The first-order valence-corrected chi connectivity index (χ1v) is 7.89. The molecule has 0 aliphatic heterocycles. The van der Waals surface area contributed by atoms with Gasteiger partial charge in [0, 0.05) is 18.3 Å². The standard InChI is InChI=1S/C13H13ClN2O3S/c14-11-5-3-6-12(13(11)17)16-20(18,19)9-7-10-4-1-2-8-15-10/h1-6,8,16-17H,7,9H2. The van der Waals surface area contributed by atoms with Crippen molar-refractivity contribution >= 4 is 27.3 Å². The van der Waals surface area contributed by atoms with E-state index in [1.807, 2.05) is 0 Å². The molecule has 1 aromatic carbocycles. The van der Waals surface area contributed by atoms with Gasteiger partial charge in [0.1, 0.15) is 0 Å². The lowest BCUT2D eigenvalue weighted by Crippen LogP contribution is -2.18. The van der Waals surface area contributed by atoms with E-state index in [1.165, 1.54) is 12.1 Å². The fourth-order valence-electron chi connectivity index (χ4n) is 1.60. The molecule has 5 nitrogen and oxygen atoms in total. The van der Waals surface area contributed by atoms with Crippen molar-refractivity contribution in [1.82, 2.24) is 4.98 Å². The van der Waals surface area contributed by atoms with E-state index in [-0.39, 0.29) is 28.6 Å². The lowest BCUT2D eigenvalue weighted by molar-refractivity contribution is 0.478. The number of nitrogens with zero attached hydrogens (tertiary/aromatic N) is 1. The van der Waals surface area contributed by atoms with Gasteiger partial charge < -0.3 is 5.11 Å². The van der Waals surface area contributed by atoms with Crippen molar-refractivity contribution in [2.24, 2.45) is 0 Å². The van der Waals surface area contributed by atoms with Crippen molar-refractivity contribution in [3.05, 3.63) is 53.3 Å². The Morgan fingerprint density at radius 3 is 2.70 bits per heavy atom. The molecule has 0 saturated heterocycles. The third kappa shape index (κ3) is 3.85. The maximum atomic E-state index is 11.9. The first-order valence-electron chi connectivity index (χ1n) is 5.86. The summed E-state index contributed by atoms with van der Waals surface area (Å²) < 4.78 is 26.2. The molecule has 0 aliphatic rings. The molecule has 0 unspecified atom stereocenters. The second-order valence-corrected chi connectivity index (χ2v) is 6.38. The number of rotatable bonds is 5. The van der Waals surface area contributed by atoms with E-state index in [4.69, 9.17) is 11.6 Å². The molecule has 106 valence electrons. The summed E-state index contributed by atoms with van der Waals surface area (Å²) in [7, 11) is -3.58. The summed E-state index contributed by atoms with van der Waals surface area (Å²) in [5.74, 6) is -0.411. The number of benzene rings is 1. The number of nitrogens with one attached hydrogen (secondary N) is 1. The van der Waals surface area contributed by atoms with Crippen LogP contribution in [0.2, 0.25) is 5.02 Å². The van der Waals surface area contributed by atoms with Crippen molar-refractivity contribution in [3.8, 4) is 5.75 Å². The minimum Gasteiger partial charge on any atom is -0.504 e. The summed E-state index contributed by atoms with van der Waals surface area (Å²) in [6.07, 6.45) is 1.90. The number of para-hydroxylation sites is 1. The monoisotopic (exact) mass is 312 g/mol. The summed E-state index contributed by atoms with van der Waals surface area (Å²) in [4.78, 5) is 4.06. The second-order valence-electron chi connectivity index (χ2n) is 4.13. The zero-order chi connectivity index (χ0) is 14.6. The van der Waals surface area contributed by atoms with Gasteiger partial charge in [0.05, 0.1) is 16.5 Å². The van der Waals surface area contributed by atoms with E-state index in [0.29, 0.717) is 5.69 Å². The molecule has 0 saturated carbocycles. The van der Waals surface area contributed by atoms with Gasteiger partial charge in [0.2, 0.25) is 10.0 Å². The largest absolute Gasteiger partial charge is 0.504 e. The number of pyridine rings is 1. The molecule has 2 rings (SSSR count). The van der Waals surface area contributed by atoms with E-state index >= 15 is 0 Å². The molecule has 2 N–H and O–H groups in total. The maximum absolute atomic E-state index is 11.9.